The Hall–Kier alpha value is -0.900. The molecule has 0 amide bonds. The summed E-state index contributed by atoms with van der Waals surface area (Å²) in [6.45, 7) is 2.17. The fourth-order valence-electron chi connectivity index (χ4n) is 1.14. The summed E-state index contributed by atoms with van der Waals surface area (Å²) in [5.41, 5.74) is 6.53. The number of hydrogen-bond donors (Lipinski definition) is 2. The van der Waals surface area contributed by atoms with E-state index >= 15 is 0 Å². The van der Waals surface area contributed by atoms with Crippen molar-refractivity contribution in [2.45, 2.75) is 19.4 Å². The Morgan fingerprint density at radius 2 is 2.36 bits per heavy atom. The normalized spacial score (nSPS) is 12.4. The molecule has 0 bridgehead atoms. The molecule has 3 N–H and O–H groups in total. The molecular weight excluding hydrogens is 194 g/mol. The molecule has 0 aromatic carbocycles. The van der Waals surface area contributed by atoms with Crippen LogP contribution in [-0.4, -0.2) is 23.0 Å². The van der Waals surface area contributed by atoms with Crippen LogP contribution in [0.15, 0.2) is 18.3 Å². The van der Waals surface area contributed by atoms with Crippen LogP contribution in [0.25, 0.3) is 0 Å². The molecule has 3 nitrogen and oxygen atoms in total. The number of rotatable bonds is 5. The van der Waals surface area contributed by atoms with Crippen molar-refractivity contribution in [2.24, 2.45) is 0 Å². The molecule has 1 heterocycles. The Labute approximate surface area is 89.5 Å². The maximum absolute atomic E-state index is 5.50. The largest absolute Gasteiger partial charge is 0.384 e. The van der Waals surface area contributed by atoms with Crippen molar-refractivity contribution >= 4 is 23.3 Å². The maximum atomic E-state index is 5.50. The highest BCUT2D eigenvalue weighted by molar-refractivity contribution is 7.98. The first-order valence-electron chi connectivity index (χ1n) is 4.69. The van der Waals surface area contributed by atoms with Gasteiger partial charge >= 0.3 is 0 Å². The molecule has 14 heavy (non-hydrogen) atoms. The monoisotopic (exact) mass is 211 g/mol. The molecule has 0 radical (unpaired) electrons. The lowest BCUT2D eigenvalue weighted by atomic mass is 10.2. The topological polar surface area (TPSA) is 50.9 Å². The Bertz CT molecular complexity index is 261. The van der Waals surface area contributed by atoms with Gasteiger partial charge in [0.25, 0.3) is 0 Å². The lowest BCUT2D eigenvalue weighted by Crippen LogP contribution is -2.15. The van der Waals surface area contributed by atoms with E-state index in [4.69, 9.17) is 5.73 Å². The summed E-state index contributed by atoms with van der Waals surface area (Å²) >= 11 is 1.87. The van der Waals surface area contributed by atoms with E-state index in [1.807, 2.05) is 23.9 Å². The minimum absolute atomic E-state index is 0.480. The first-order valence-corrected chi connectivity index (χ1v) is 6.08. The SMILES string of the molecule is CSCCC(C)Nc1ccc(N)nc1. The van der Waals surface area contributed by atoms with Crippen LogP contribution in [-0.2, 0) is 0 Å². The molecule has 1 atom stereocenters. The molecule has 1 rings (SSSR count). The van der Waals surface area contributed by atoms with Gasteiger partial charge < -0.3 is 11.1 Å². The first kappa shape index (κ1) is 11.2. The lowest BCUT2D eigenvalue weighted by Gasteiger charge is -2.14. The quantitative estimate of drug-likeness (QED) is 0.784. The van der Waals surface area contributed by atoms with Crippen molar-refractivity contribution in [2.75, 3.05) is 23.1 Å². The molecule has 4 heteroatoms. The van der Waals surface area contributed by atoms with Crippen LogP contribution >= 0.6 is 11.8 Å². The van der Waals surface area contributed by atoms with Crippen molar-refractivity contribution in [1.82, 2.24) is 4.98 Å². The minimum atomic E-state index is 0.480. The molecule has 1 unspecified atom stereocenters. The molecular formula is C10H17N3S. The summed E-state index contributed by atoms with van der Waals surface area (Å²) in [6.07, 6.45) is 5.05. The summed E-state index contributed by atoms with van der Waals surface area (Å²) in [5, 5.41) is 3.37. The van der Waals surface area contributed by atoms with Gasteiger partial charge in [0.2, 0.25) is 0 Å². The van der Waals surface area contributed by atoms with Crippen LogP contribution in [0.1, 0.15) is 13.3 Å². The predicted molar refractivity (Wildman–Crippen MR) is 64.7 cm³/mol. The average molecular weight is 211 g/mol. The number of nitrogens with two attached hydrogens (primary N) is 1. The van der Waals surface area contributed by atoms with Crippen LogP contribution in [0.5, 0.6) is 0 Å². The van der Waals surface area contributed by atoms with Gasteiger partial charge in [0.1, 0.15) is 5.82 Å². The highest BCUT2D eigenvalue weighted by Crippen LogP contribution is 2.10. The van der Waals surface area contributed by atoms with E-state index in [-0.39, 0.29) is 0 Å². The number of pyridine rings is 1. The molecule has 0 fully saturated rings. The minimum Gasteiger partial charge on any atom is -0.384 e. The smallest absolute Gasteiger partial charge is 0.123 e. The first-order chi connectivity index (χ1) is 6.72. The number of anilines is 2. The molecule has 0 aliphatic heterocycles. The van der Waals surface area contributed by atoms with Gasteiger partial charge in [-0.3, -0.25) is 0 Å². The molecule has 1 aromatic heterocycles. The summed E-state index contributed by atoms with van der Waals surface area (Å²) in [5.74, 6) is 1.74. The number of nitrogen functional groups attached to an aromatic ring is 1. The van der Waals surface area contributed by atoms with Crippen LogP contribution in [0.3, 0.4) is 0 Å². The van der Waals surface area contributed by atoms with E-state index in [9.17, 15) is 0 Å². The van der Waals surface area contributed by atoms with Gasteiger partial charge in [-0.2, -0.15) is 11.8 Å². The maximum Gasteiger partial charge on any atom is 0.123 e. The Balaban J connectivity index is 2.39. The van der Waals surface area contributed by atoms with Crippen LogP contribution < -0.4 is 11.1 Å². The van der Waals surface area contributed by atoms with E-state index in [0.717, 1.165) is 12.1 Å². The third-order valence-electron chi connectivity index (χ3n) is 1.95. The second kappa shape index (κ2) is 5.75. The molecule has 0 aliphatic rings. The van der Waals surface area contributed by atoms with Crippen LogP contribution in [0.2, 0.25) is 0 Å². The summed E-state index contributed by atoms with van der Waals surface area (Å²) in [7, 11) is 0. The van der Waals surface area contributed by atoms with Gasteiger partial charge in [0.05, 0.1) is 11.9 Å². The second-order valence-electron chi connectivity index (χ2n) is 3.30. The number of aromatic nitrogens is 1. The summed E-state index contributed by atoms with van der Waals surface area (Å²) in [6, 6.07) is 4.24. The highest BCUT2D eigenvalue weighted by atomic mass is 32.2. The number of nitrogens with zero attached hydrogens (tertiary/aromatic N) is 1. The van der Waals surface area contributed by atoms with Crippen LogP contribution in [0.4, 0.5) is 11.5 Å². The van der Waals surface area contributed by atoms with Gasteiger partial charge in [0.15, 0.2) is 0 Å². The number of thioether (sulfide) groups is 1. The molecule has 78 valence electrons. The average Bonchev–Trinajstić information content (AvgIpc) is 2.18. The van der Waals surface area contributed by atoms with E-state index in [1.165, 1.54) is 5.75 Å². The zero-order chi connectivity index (χ0) is 10.4. The van der Waals surface area contributed by atoms with E-state index < -0.39 is 0 Å². The van der Waals surface area contributed by atoms with Crippen molar-refractivity contribution in [1.29, 1.82) is 0 Å². The zero-order valence-corrected chi connectivity index (χ0v) is 9.47. The highest BCUT2D eigenvalue weighted by Gasteiger charge is 2.00. The van der Waals surface area contributed by atoms with Crippen LogP contribution in [0, 0.1) is 0 Å². The Morgan fingerprint density at radius 3 is 2.93 bits per heavy atom. The van der Waals surface area contributed by atoms with Gasteiger partial charge in [-0.15, -0.1) is 0 Å². The third kappa shape index (κ3) is 3.87. The van der Waals surface area contributed by atoms with Gasteiger partial charge in [-0.25, -0.2) is 4.98 Å². The van der Waals surface area contributed by atoms with E-state index in [1.54, 1.807) is 6.20 Å². The molecule has 0 spiro atoms. The third-order valence-corrected chi connectivity index (χ3v) is 2.60. The fraction of sp³-hybridized carbons (Fsp3) is 0.500. The Kier molecular flexibility index (Phi) is 4.59. The van der Waals surface area contributed by atoms with Crippen molar-refractivity contribution in [3.63, 3.8) is 0 Å². The second-order valence-corrected chi connectivity index (χ2v) is 4.28. The van der Waals surface area contributed by atoms with Gasteiger partial charge in [-0.05, 0) is 37.5 Å². The van der Waals surface area contributed by atoms with E-state index in [0.29, 0.717) is 11.9 Å². The summed E-state index contributed by atoms with van der Waals surface area (Å²) < 4.78 is 0. The fourth-order valence-corrected chi connectivity index (χ4v) is 1.73. The number of hydrogen-bond acceptors (Lipinski definition) is 4. The van der Waals surface area contributed by atoms with Gasteiger partial charge in [0, 0.05) is 6.04 Å². The predicted octanol–water partition coefficient (Wildman–Crippen LogP) is 2.22. The molecule has 0 saturated carbocycles. The standard InChI is InChI=1S/C10H17N3S/c1-8(5-6-14-2)13-9-3-4-10(11)12-7-9/h3-4,7-8,13H,5-6H2,1-2H3,(H2,11,12). The zero-order valence-electron chi connectivity index (χ0n) is 8.66. The lowest BCUT2D eigenvalue weighted by molar-refractivity contribution is 0.771. The van der Waals surface area contributed by atoms with Gasteiger partial charge in [-0.1, -0.05) is 0 Å². The summed E-state index contributed by atoms with van der Waals surface area (Å²) in [4.78, 5) is 4.02. The molecule has 0 aliphatic carbocycles. The number of nitrogens with one attached hydrogen (secondary N) is 1. The molecule has 0 saturated heterocycles. The van der Waals surface area contributed by atoms with Crippen molar-refractivity contribution in [3.05, 3.63) is 18.3 Å². The Morgan fingerprint density at radius 1 is 1.57 bits per heavy atom. The van der Waals surface area contributed by atoms with E-state index in [2.05, 4.69) is 23.5 Å². The molecule has 1 aromatic rings. The van der Waals surface area contributed by atoms with Crippen molar-refractivity contribution in [3.8, 4) is 0 Å². The van der Waals surface area contributed by atoms with Crippen molar-refractivity contribution < 1.29 is 0 Å².